The molecule has 0 radical (unpaired) electrons. The van der Waals surface area contributed by atoms with Crippen molar-refractivity contribution in [1.82, 2.24) is 5.32 Å². The van der Waals surface area contributed by atoms with Gasteiger partial charge in [-0.2, -0.15) is 0 Å². The van der Waals surface area contributed by atoms with E-state index < -0.39 is 0 Å². The van der Waals surface area contributed by atoms with Crippen LogP contribution in [0.15, 0.2) is 40.9 Å². The molecule has 0 aliphatic carbocycles. The van der Waals surface area contributed by atoms with Gasteiger partial charge in [0.2, 0.25) is 0 Å². The van der Waals surface area contributed by atoms with Gasteiger partial charge in [-0.25, -0.2) is 0 Å². The van der Waals surface area contributed by atoms with Crippen LogP contribution in [0.25, 0.3) is 0 Å². The molecule has 2 rings (SSSR count). The Labute approximate surface area is 138 Å². The average molecular weight is 373 g/mol. The molecule has 0 spiro atoms. The first kappa shape index (κ1) is 15.8. The largest absolute Gasteiger partial charge is 0.306 e. The molecule has 4 heteroatoms. The van der Waals surface area contributed by atoms with E-state index in [1.807, 2.05) is 18.2 Å². The first-order chi connectivity index (χ1) is 9.47. The number of hydrogen-bond acceptors (Lipinski definition) is 1. The van der Waals surface area contributed by atoms with E-state index in [-0.39, 0.29) is 6.04 Å². The van der Waals surface area contributed by atoms with Gasteiger partial charge >= 0.3 is 0 Å². The van der Waals surface area contributed by atoms with Gasteiger partial charge in [0.15, 0.2) is 0 Å². The topological polar surface area (TPSA) is 12.0 Å². The molecular formula is C16H16BrCl2N. The van der Waals surface area contributed by atoms with Crippen molar-refractivity contribution in [2.45, 2.75) is 26.4 Å². The third kappa shape index (κ3) is 3.98. The molecular weight excluding hydrogens is 357 g/mol. The van der Waals surface area contributed by atoms with Crippen molar-refractivity contribution in [3.05, 3.63) is 67.6 Å². The summed E-state index contributed by atoms with van der Waals surface area (Å²) >= 11 is 15.5. The Bertz CT molecular complexity index is 613. The third-order valence-electron chi connectivity index (χ3n) is 3.28. The number of nitrogens with one attached hydrogen (secondary N) is 1. The van der Waals surface area contributed by atoms with E-state index in [9.17, 15) is 0 Å². The van der Waals surface area contributed by atoms with Crippen LogP contribution in [-0.4, -0.2) is 0 Å². The Morgan fingerprint density at radius 1 is 1.10 bits per heavy atom. The highest BCUT2D eigenvalue weighted by atomic mass is 79.9. The lowest BCUT2D eigenvalue weighted by Gasteiger charge is -2.15. The molecule has 0 aliphatic rings. The van der Waals surface area contributed by atoms with E-state index in [1.165, 1.54) is 11.1 Å². The summed E-state index contributed by atoms with van der Waals surface area (Å²) in [5, 5.41) is 4.68. The van der Waals surface area contributed by atoms with E-state index in [2.05, 4.69) is 53.3 Å². The first-order valence-corrected chi connectivity index (χ1v) is 7.95. The minimum atomic E-state index is 0.216. The monoisotopic (exact) mass is 371 g/mol. The summed E-state index contributed by atoms with van der Waals surface area (Å²) in [6.45, 7) is 5.02. The lowest BCUT2D eigenvalue weighted by Crippen LogP contribution is -2.18. The second-order valence-corrected chi connectivity index (χ2v) is 6.53. The van der Waals surface area contributed by atoms with Crippen LogP contribution < -0.4 is 5.32 Å². The van der Waals surface area contributed by atoms with Crippen molar-refractivity contribution < 1.29 is 0 Å². The van der Waals surface area contributed by atoms with E-state index in [0.29, 0.717) is 10.0 Å². The van der Waals surface area contributed by atoms with Crippen LogP contribution in [0.5, 0.6) is 0 Å². The smallest absolute Gasteiger partial charge is 0.0595 e. The standard InChI is InChI=1S/C16H16BrCl2N/c1-10-7-12(3-5-14(10)17)9-20-11(2)13-4-6-15(18)16(19)8-13/h3-8,11,20H,9H2,1-2H3. The van der Waals surface area contributed by atoms with Gasteiger partial charge in [0.1, 0.15) is 0 Å². The van der Waals surface area contributed by atoms with E-state index in [0.717, 1.165) is 16.6 Å². The second kappa shape index (κ2) is 6.95. The van der Waals surface area contributed by atoms with Crippen molar-refractivity contribution in [1.29, 1.82) is 0 Å². The molecule has 0 saturated carbocycles. The highest BCUT2D eigenvalue weighted by Gasteiger charge is 2.07. The van der Waals surface area contributed by atoms with Gasteiger partial charge in [-0.3, -0.25) is 0 Å². The Morgan fingerprint density at radius 3 is 2.50 bits per heavy atom. The molecule has 2 aromatic carbocycles. The van der Waals surface area contributed by atoms with Gasteiger partial charge in [-0.15, -0.1) is 0 Å². The maximum absolute atomic E-state index is 6.05. The molecule has 0 amide bonds. The summed E-state index contributed by atoms with van der Waals surface area (Å²) in [6.07, 6.45) is 0. The van der Waals surface area contributed by atoms with Crippen molar-refractivity contribution in [3.63, 3.8) is 0 Å². The molecule has 20 heavy (non-hydrogen) atoms. The molecule has 2 aromatic rings. The van der Waals surface area contributed by atoms with Crippen LogP contribution in [0.3, 0.4) is 0 Å². The summed E-state index contributed by atoms with van der Waals surface area (Å²) < 4.78 is 1.14. The molecule has 1 unspecified atom stereocenters. The maximum Gasteiger partial charge on any atom is 0.0595 e. The van der Waals surface area contributed by atoms with Gasteiger partial charge in [0.05, 0.1) is 10.0 Å². The fraction of sp³-hybridized carbons (Fsp3) is 0.250. The minimum Gasteiger partial charge on any atom is -0.306 e. The maximum atomic E-state index is 6.05. The Balaban J connectivity index is 2.02. The SMILES string of the molecule is Cc1cc(CNC(C)c2ccc(Cl)c(Cl)c2)ccc1Br. The summed E-state index contributed by atoms with van der Waals surface area (Å²) in [4.78, 5) is 0. The quantitative estimate of drug-likeness (QED) is 0.702. The number of aryl methyl sites for hydroxylation is 1. The molecule has 0 heterocycles. The minimum absolute atomic E-state index is 0.216. The normalized spacial score (nSPS) is 12.4. The van der Waals surface area contributed by atoms with Gasteiger partial charge in [0, 0.05) is 17.1 Å². The first-order valence-electron chi connectivity index (χ1n) is 6.40. The highest BCUT2D eigenvalue weighted by Crippen LogP contribution is 2.25. The van der Waals surface area contributed by atoms with Crippen LogP contribution in [0.1, 0.15) is 29.7 Å². The predicted molar refractivity (Wildman–Crippen MR) is 90.6 cm³/mol. The zero-order valence-electron chi connectivity index (χ0n) is 11.4. The number of rotatable bonds is 4. The summed E-state index contributed by atoms with van der Waals surface area (Å²) in [7, 11) is 0. The number of halogens is 3. The molecule has 1 nitrogen and oxygen atoms in total. The molecule has 0 aromatic heterocycles. The van der Waals surface area contributed by atoms with Gasteiger partial charge in [0.25, 0.3) is 0 Å². The Kier molecular flexibility index (Phi) is 5.50. The predicted octanol–water partition coefficient (Wildman–Crippen LogP) is 5.92. The zero-order valence-corrected chi connectivity index (χ0v) is 14.5. The molecule has 0 saturated heterocycles. The zero-order chi connectivity index (χ0) is 14.7. The van der Waals surface area contributed by atoms with E-state index in [4.69, 9.17) is 23.2 Å². The van der Waals surface area contributed by atoms with Crippen molar-refractivity contribution in [2.75, 3.05) is 0 Å². The lowest BCUT2D eigenvalue weighted by molar-refractivity contribution is 0.574. The summed E-state index contributed by atoms with van der Waals surface area (Å²) in [5.74, 6) is 0. The molecule has 0 bridgehead atoms. The van der Waals surface area contributed by atoms with E-state index in [1.54, 1.807) is 0 Å². The molecule has 0 aliphatic heterocycles. The van der Waals surface area contributed by atoms with Gasteiger partial charge < -0.3 is 5.32 Å². The number of benzene rings is 2. The molecule has 0 fully saturated rings. The van der Waals surface area contributed by atoms with Crippen LogP contribution in [0, 0.1) is 6.92 Å². The fourth-order valence-corrected chi connectivity index (χ4v) is 2.54. The highest BCUT2D eigenvalue weighted by molar-refractivity contribution is 9.10. The number of hydrogen-bond donors (Lipinski definition) is 1. The molecule has 1 atom stereocenters. The summed E-state index contributed by atoms with van der Waals surface area (Å²) in [5.41, 5.74) is 3.64. The average Bonchev–Trinajstić information content (AvgIpc) is 2.43. The van der Waals surface area contributed by atoms with Crippen molar-refractivity contribution >= 4 is 39.1 Å². The van der Waals surface area contributed by atoms with Crippen LogP contribution >= 0.6 is 39.1 Å². The van der Waals surface area contributed by atoms with Crippen molar-refractivity contribution in [3.8, 4) is 0 Å². The van der Waals surface area contributed by atoms with Gasteiger partial charge in [-0.05, 0) is 48.7 Å². The Hall–Kier alpha value is -0.540. The van der Waals surface area contributed by atoms with Crippen LogP contribution in [-0.2, 0) is 6.54 Å². The van der Waals surface area contributed by atoms with E-state index >= 15 is 0 Å². The Morgan fingerprint density at radius 2 is 1.85 bits per heavy atom. The van der Waals surface area contributed by atoms with Crippen LogP contribution in [0.2, 0.25) is 10.0 Å². The molecule has 1 N–H and O–H groups in total. The summed E-state index contributed by atoms with van der Waals surface area (Å²) in [6, 6.07) is 12.3. The van der Waals surface area contributed by atoms with Gasteiger partial charge in [-0.1, -0.05) is 57.3 Å². The van der Waals surface area contributed by atoms with Crippen LogP contribution in [0.4, 0.5) is 0 Å². The fourth-order valence-electron chi connectivity index (χ4n) is 1.99. The lowest BCUT2D eigenvalue weighted by atomic mass is 10.1. The second-order valence-electron chi connectivity index (χ2n) is 4.86. The van der Waals surface area contributed by atoms with Crippen molar-refractivity contribution in [2.24, 2.45) is 0 Å². The third-order valence-corrected chi connectivity index (χ3v) is 4.91. The molecule has 106 valence electrons.